The van der Waals surface area contributed by atoms with Crippen LogP contribution in [0.25, 0.3) is 22.2 Å². The van der Waals surface area contributed by atoms with Crippen molar-refractivity contribution in [2.45, 2.75) is 43.5 Å². The molecule has 1 fully saturated rings. The van der Waals surface area contributed by atoms with Crippen LogP contribution in [0.1, 0.15) is 31.2 Å². The second-order valence-electron chi connectivity index (χ2n) is 8.30. The molecule has 1 aliphatic carbocycles. The van der Waals surface area contributed by atoms with Crippen LogP contribution in [0.3, 0.4) is 0 Å². The van der Waals surface area contributed by atoms with E-state index in [1.54, 1.807) is 36.5 Å². The molecule has 0 unspecified atom stereocenters. The van der Waals surface area contributed by atoms with E-state index in [4.69, 9.17) is 5.73 Å². The Kier molecular flexibility index (Phi) is 5.09. The van der Waals surface area contributed by atoms with Crippen LogP contribution in [0, 0.1) is 6.92 Å². The fourth-order valence-electron chi connectivity index (χ4n) is 4.33. The summed E-state index contributed by atoms with van der Waals surface area (Å²) in [4.78, 5) is 9.01. The van der Waals surface area contributed by atoms with Crippen LogP contribution in [0.5, 0.6) is 0 Å². The Morgan fingerprint density at radius 2 is 1.75 bits per heavy atom. The Balaban J connectivity index is 1.63. The highest BCUT2D eigenvalue weighted by Gasteiger charge is 2.23. The molecular formula is C24H25N5O2S. The molecule has 2 heterocycles. The summed E-state index contributed by atoms with van der Waals surface area (Å²) >= 11 is 0. The maximum atomic E-state index is 13.5. The highest BCUT2D eigenvalue weighted by molar-refractivity contribution is 7.90. The van der Waals surface area contributed by atoms with Crippen molar-refractivity contribution in [2.75, 3.05) is 11.1 Å². The predicted octanol–water partition coefficient (Wildman–Crippen LogP) is 4.58. The first-order chi connectivity index (χ1) is 15.4. The van der Waals surface area contributed by atoms with Crippen LogP contribution in [-0.4, -0.2) is 28.4 Å². The Labute approximate surface area is 187 Å². The molecule has 5 rings (SSSR count). The fraction of sp³-hybridized carbons (Fsp3) is 0.250. The van der Waals surface area contributed by atoms with E-state index >= 15 is 0 Å². The maximum absolute atomic E-state index is 13.5. The maximum Gasteiger partial charge on any atom is 0.268 e. The lowest BCUT2D eigenvalue weighted by atomic mass is 10.1. The van der Waals surface area contributed by atoms with Gasteiger partial charge in [-0.25, -0.2) is 17.4 Å². The van der Waals surface area contributed by atoms with Gasteiger partial charge in [0.2, 0.25) is 5.95 Å². The van der Waals surface area contributed by atoms with Crippen molar-refractivity contribution in [1.82, 2.24) is 13.9 Å². The van der Waals surface area contributed by atoms with E-state index in [1.165, 1.54) is 16.8 Å². The zero-order valence-electron chi connectivity index (χ0n) is 17.8. The van der Waals surface area contributed by atoms with Gasteiger partial charge in [-0.05, 0) is 38.0 Å². The Morgan fingerprint density at radius 3 is 2.50 bits per heavy atom. The van der Waals surface area contributed by atoms with E-state index in [0.717, 1.165) is 23.8 Å². The number of nitrogen functional groups attached to an aromatic ring is 1. The number of aryl methyl sites for hydroxylation is 1. The third-order valence-electron chi connectivity index (χ3n) is 5.98. The third-order valence-corrected chi connectivity index (χ3v) is 7.67. The average Bonchev–Trinajstić information content (AvgIpc) is 3.42. The van der Waals surface area contributed by atoms with Crippen LogP contribution in [0.2, 0.25) is 0 Å². The summed E-state index contributed by atoms with van der Waals surface area (Å²) in [5, 5.41) is 4.24. The quantitative estimate of drug-likeness (QED) is 0.464. The van der Waals surface area contributed by atoms with Gasteiger partial charge in [-0.2, -0.15) is 4.98 Å². The number of anilines is 2. The van der Waals surface area contributed by atoms with Crippen molar-refractivity contribution in [3.8, 4) is 11.3 Å². The highest BCUT2D eigenvalue weighted by atomic mass is 32.2. The van der Waals surface area contributed by atoms with Gasteiger partial charge in [-0.3, -0.25) is 0 Å². The molecule has 8 heteroatoms. The molecule has 0 saturated heterocycles. The summed E-state index contributed by atoms with van der Waals surface area (Å²) in [6.45, 7) is 1.93. The zero-order valence-corrected chi connectivity index (χ0v) is 18.6. The number of nitrogens with two attached hydrogens (primary N) is 1. The van der Waals surface area contributed by atoms with Gasteiger partial charge >= 0.3 is 0 Å². The van der Waals surface area contributed by atoms with E-state index in [0.29, 0.717) is 28.6 Å². The first kappa shape index (κ1) is 20.5. The normalized spacial score (nSPS) is 14.8. The smallest absolute Gasteiger partial charge is 0.268 e. The summed E-state index contributed by atoms with van der Waals surface area (Å²) in [5.41, 5.74) is 8.90. The highest BCUT2D eigenvalue weighted by Crippen LogP contribution is 2.33. The van der Waals surface area contributed by atoms with E-state index in [1.807, 2.05) is 31.2 Å². The van der Waals surface area contributed by atoms with Gasteiger partial charge < -0.3 is 11.1 Å². The number of aromatic nitrogens is 3. The third kappa shape index (κ3) is 3.71. The molecule has 2 aromatic carbocycles. The summed E-state index contributed by atoms with van der Waals surface area (Å²) < 4.78 is 28.2. The second-order valence-corrected chi connectivity index (χ2v) is 10.1. The minimum atomic E-state index is -3.78. The minimum Gasteiger partial charge on any atom is -0.368 e. The molecule has 0 bridgehead atoms. The number of fused-ring (bicyclic) bond motifs is 1. The largest absolute Gasteiger partial charge is 0.368 e. The summed E-state index contributed by atoms with van der Waals surface area (Å²) in [6, 6.07) is 16.5. The van der Waals surface area contributed by atoms with Gasteiger partial charge in [0, 0.05) is 29.3 Å². The second kappa shape index (κ2) is 7.94. The van der Waals surface area contributed by atoms with Crippen LogP contribution in [0.15, 0.2) is 65.7 Å². The number of nitrogens with zero attached hydrogens (tertiary/aromatic N) is 3. The van der Waals surface area contributed by atoms with Crippen LogP contribution >= 0.6 is 0 Å². The fourth-order valence-corrected chi connectivity index (χ4v) is 5.70. The van der Waals surface area contributed by atoms with Crippen molar-refractivity contribution in [3.05, 3.63) is 66.4 Å². The monoisotopic (exact) mass is 447 g/mol. The Morgan fingerprint density at radius 1 is 1.03 bits per heavy atom. The topological polar surface area (TPSA) is 103 Å². The standard InChI is InChI=1S/C24H25N5O2S/c1-16-10-12-18(13-11-16)32(30,31)29-15-20(19-8-4-5-9-22(19)29)21-14-23(28-24(25)27-21)26-17-6-2-3-7-17/h4-5,8-15,17H,2-3,6-7H2,1H3,(H3,25,26,27,28). The summed E-state index contributed by atoms with van der Waals surface area (Å²) in [6.07, 6.45) is 6.24. The van der Waals surface area contributed by atoms with Gasteiger partial charge in [0.25, 0.3) is 10.0 Å². The molecule has 0 radical (unpaired) electrons. The molecule has 0 spiro atoms. The van der Waals surface area contributed by atoms with Gasteiger partial charge in [-0.1, -0.05) is 48.7 Å². The first-order valence-electron chi connectivity index (χ1n) is 10.8. The number of para-hydroxylation sites is 1. The SMILES string of the molecule is Cc1ccc(S(=O)(=O)n2cc(-c3cc(NC4CCCC4)nc(N)n3)c3ccccc32)cc1. The number of nitrogens with one attached hydrogen (secondary N) is 1. The van der Waals surface area contributed by atoms with E-state index < -0.39 is 10.0 Å². The number of hydrogen-bond acceptors (Lipinski definition) is 6. The summed E-state index contributed by atoms with van der Waals surface area (Å²) in [7, 11) is -3.78. The van der Waals surface area contributed by atoms with Gasteiger partial charge in [0.15, 0.2) is 0 Å². The average molecular weight is 448 g/mol. The summed E-state index contributed by atoms with van der Waals surface area (Å²) in [5.74, 6) is 0.818. The lowest BCUT2D eigenvalue weighted by molar-refractivity contribution is 0.589. The molecule has 0 aliphatic heterocycles. The molecule has 164 valence electrons. The molecule has 32 heavy (non-hydrogen) atoms. The molecule has 0 atom stereocenters. The molecule has 7 nitrogen and oxygen atoms in total. The molecule has 4 aromatic rings. The molecule has 1 saturated carbocycles. The molecule has 0 amide bonds. The van der Waals surface area contributed by atoms with E-state index in [9.17, 15) is 8.42 Å². The van der Waals surface area contributed by atoms with Crippen molar-refractivity contribution in [1.29, 1.82) is 0 Å². The molecular weight excluding hydrogens is 422 g/mol. The lowest BCUT2D eigenvalue weighted by Crippen LogP contribution is -2.16. The number of hydrogen-bond donors (Lipinski definition) is 2. The first-order valence-corrected chi connectivity index (χ1v) is 12.2. The van der Waals surface area contributed by atoms with Crippen LogP contribution < -0.4 is 11.1 Å². The Bertz CT molecular complexity index is 1390. The van der Waals surface area contributed by atoms with Crippen LogP contribution in [0.4, 0.5) is 11.8 Å². The zero-order chi connectivity index (χ0) is 22.3. The van der Waals surface area contributed by atoms with E-state index in [2.05, 4.69) is 15.3 Å². The molecule has 1 aliphatic rings. The van der Waals surface area contributed by atoms with Crippen molar-refractivity contribution in [2.24, 2.45) is 0 Å². The molecule has 3 N–H and O–H groups in total. The predicted molar refractivity (Wildman–Crippen MR) is 127 cm³/mol. The van der Waals surface area contributed by atoms with Gasteiger partial charge in [0.1, 0.15) is 5.82 Å². The van der Waals surface area contributed by atoms with Crippen LogP contribution in [-0.2, 0) is 10.0 Å². The molecule has 2 aromatic heterocycles. The van der Waals surface area contributed by atoms with Gasteiger partial charge in [0.05, 0.1) is 16.1 Å². The van der Waals surface area contributed by atoms with Crippen molar-refractivity contribution >= 4 is 32.7 Å². The lowest BCUT2D eigenvalue weighted by Gasteiger charge is -2.13. The van der Waals surface area contributed by atoms with E-state index in [-0.39, 0.29) is 10.8 Å². The Hall–Kier alpha value is -3.39. The number of benzene rings is 2. The van der Waals surface area contributed by atoms with Gasteiger partial charge in [-0.15, -0.1) is 0 Å². The van der Waals surface area contributed by atoms with Crippen molar-refractivity contribution in [3.63, 3.8) is 0 Å². The number of rotatable bonds is 5. The minimum absolute atomic E-state index is 0.154. The van der Waals surface area contributed by atoms with Crippen molar-refractivity contribution < 1.29 is 8.42 Å².